The van der Waals surface area contributed by atoms with Crippen LogP contribution >= 0.6 is 27.3 Å². The van der Waals surface area contributed by atoms with E-state index in [9.17, 15) is 0 Å². The zero-order valence-electron chi connectivity index (χ0n) is 8.57. The number of halogens is 1. The Kier molecular flexibility index (Phi) is 6.91. The highest BCUT2D eigenvalue weighted by atomic mass is 79.9. The molecule has 0 atom stereocenters. The third kappa shape index (κ3) is 6.09. The predicted octanol–water partition coefficient (Wildman–Crippen LogP) is 2.34. The molecule has 0 saturated heterocycles. The van der Waals surface area contributed by atoms with Gasteiger partial charge < -0.3 is 14.2 Å². The largest absolute Gasteiger partial charge is 0.470 e. The molecule has 1 rings (SSSR count). The van der Waals surface area contributed by atoms with Gasteiger partial charge in [-0.1, -0.05) is 11.3 Å². The second-order valence-corrected chi connectivity index (χ2v) is 4.38. The fourth-order valence-electron chi connectivity index (χ4n) is 0.870. The minimum atomic E-state index is 0.632. The normalized spacial score (nSPS) is 10.5. The third-order valence-electron chi connectivity index (χ3n) is 1.55. The fourth-order valence-corrected chi connectivity index (χ4v) is 1.98. The second kappa shape index (κ2) is 8.04. The van der Waals surface area contributed by atoms with E-state index in [-0.39, 0.29) is 0 Å². The maximum atomic E-state index is 5.40. The molecule has 0 aromatic carbocycles. The van der Waals surface area contributed by atoms with Gasteiger partial charge in [-0.3, -0.25) is 0 Å². The molecule has 0 fully saturated rings. The van der Waals surface area contributed by atoms with Gasteiger partial charge in [0.25, 0.3) is 5.19 Å². The summed E-state index contributed by atoms with van der Waals surface area (Å²) in [4.78, 5) is 4.11. The summed E-state index contributed by atoms with van der Waals surface area (Å²) in [5, 5.41) is 2.59. The van der Waals surface area contributed by atoms with Crippen LogP contribution in [0.2, 0.25) is 0 Å². The number of hydrogen-bond donors (Lipinski definition) is 0. The van der Waals surface area contributed by atoms with Crippen LogP contribution in [0.4, 0.5) is 0 Å². The Balaban J connectivity index is 1.93. The Bertz CT molecular complexity index is 270. The van der Waals surface area contributed by atoms with E-state index in [1.165, 1.54) is 11.3 Å². The van der Waals surface area contributed by atoms with Crippen LogP contribution in [0, 0.1) is 0 Å². The maximum Gasteiger partial charge on any atom is 0.274 e. The lowest BCUT2D eigenvalue weighted by Crippen LogP contribution is -2.06. The van der Waals surface area contributed by atoms with Crippen LogP contribution in [0.1, 0.15) is 6.42 Å². The lowest BCUT2D eigenvalue weighted by Gasteiger charge is -2.03. The first-order chi connectivity index (χ1) is 7.33. The van der Waals surface area contributed by atoms with E-state index in [0.717, 1.165) is 11.0 Å². The number of nitrogens with zero attached hydrogens (tertiary/aromatic N) is 1. The third-order valence-corrected chi connectivity index (χ3v) is 3.01. The molecule has 0 spiro atoms. The van der Waals surface area contributed by atoms with Gasteiger partial charge in [-0.25, -0.2) is 0 Å². The van der Waals surface area contributed by atoms with E-state index in [1.54, 1.807) is 7.11 Å². The van der Waals surface area contributed by atoms with Crippen LogP contribution in [-0.4, -0.2) is 38.5 Å². The van der Waals surface area contributed by atoms with E-state index in [1.807, 2.05) is 5.38 Å². The number of thiazole rings is 1. The van der Waals surface area contributed by atoms with Crippen molar-refractivity contribution in [1.82, 2.24) is 4.98 Å². The molecule has 86 valence electrons. The Morgan fingerprint density at radius 1 is 1.33 bits per heavy atom. The smallest absolute Gasteiger partial charge is 0.274 e. The van der Waals surface area contributed by atoms with Crippen LogP contribution in [0.5, 0.6) is 5.19 Å². The van der Waals surface area contributed by atoms with Crippen LogP contribution in [0.25, 0.3) is 0 Å². The molecule has 0 bridgehead atoms. The molecular weight excluding hydrogens is 282 g/mol. The van der Waals surface area contributed by atoms with Gasteiger partial charge in [0, 0.05) is 25.5 Å². The van der Waals surface area contributed by atoms with E-state index in [0.29, 0.717) is 31.6 Å². The highest BCUT2D eigenvalue weighted by Gasteiger charge is 1.99. The zero-order chi connectivity index (χ0) is 10.9. The molecule has 0 aliphatic rings. The fraction of sp³-hybridized carbons (Fsp3) is 0.667. The van der Waals surface area contributed by atoms with Crippen molar-refractivity contribution in [3.05, 3.63) is 9.98 Å². The molecule has 1 aromatic heterocycles. The summed E-state index contributed by atoms with van der Waals surface area (Å²) >= 11 is 4.74. The summed E-state index contributed by atoms with van der Waals surface area (Å²) in [5.41, 5.74) is 0. The van der Waals surface area contributed by atoms with Gasteiger partial charge in [0.1, 0.15) is 4.60 Å². The Morgan fingerprint density at radius 3 is 2.87 bits per heavy atom. The molecule has 15 heavy (non-hydrogen) atoms. The lowest BCUT2D eigenvalue weighted by atomic mass is 10.5. The van der Waals surface area contributed by atoms with Crippen LogP contribution in [-0.2, 0) is 9.47 Å². The number of ether oxygens (including phenoxy) is 3. The first-order valence-electron chi connectivity index (χ1n) is 4.63. The van der Waals surface area contributed by atoms with Gasteiger partial charge in [-0.2, -0.15) is 4.98 Å². The summed E-state index contributed by atoms with van der Waals surface area (Å²) in [5.74, 6) is 0. The summed E-state index contributed by atoms with van der Waals surface area (Å²) in [7, 11) is 1.66. The molecule has 0 N–H and O–H groups in total. The van der Waals surface area contributed by atoms with E-state index in [4.69, 9.17) is 14.2 Å². The minimum Gasteiger partial charge on any atom is -0.470 e. The second-order valence-electron chi connectivity index (χ2n) is 2.74. The van der Waals surface area contributed by atoms with Crippen LogP contribution in [0.3, 0.4) is 0 Å². The molecule has 1 aromatic rings. The van der Waals surface area contributed by atoms with Crippen molar-refractivity contribution in [2.75, 3.05) is 33.5 Å². The molecule has 1 heterocycles. The van der Waals surface area contributed by atoms with Crippen molar-refractivity contribution >= 4 is 27.3 Å². The highest BCUT2D eigenvalue weighted by Crippen LogP contribution is 2.21. The van der Waals surface area contributed by atoms with Crippen molar-refractivity contribution in [3.8, 4) is 5.19 Å². The average molecular weight is 296 g/mol. The van der Waals surface area contributed by atoms with Gasteiger partial charge in [-0.05, 0) is 15.9 Å². The Hall–Kier alpha value is -0.170. The number of hydrogen-bond acceptors (Lipinski definition) is 5. The predicted molar refractivity (Wildman–Crippen MR) is 62.6 cm³/mol. The number of aromatic nitrogens is 1. The van der Waals surface area contributed by atoms with Crippen molar-refractivity contribution in [3.63, 3.8) is 0 Å². The first kappa shape index (κ1) is 12.9. The quantitative estimate of drug-likeness (QED) is 0.690. The van der Waals surface area contributed by atoms with Crippen molar-refractivity contribution in [2.24, 2.45) is 0 Å². The molecular formula is C9H14BrNO3S. The molecule has 4 nitrogen and oxygen atoms in total. The molecule has 0 radical (unpaired) electrons. The van der Waals surface area contributed by atoms with Crippen molar-refractivity contribution < 1.29 is 14.2 Å². The summed E-state index contributed by atoms with van der Waals surface area (Å²) in [6, 6.07) is 0. The molecule has 0 saturated carbocycles. The van der Waals surface area contributed by atoms with Gasteiger partial charge in [0.05, 0.1) is 19.8 Å². The van der Waals surface area contributed by atoms with E-state index >= 15 is 0 Å². The summed E-state index contributed by atoms with van der Waals surface area (Å²) < 4.78 is 16.4. The number of rotatable bonds is 8. The standard InChI is InChI=1S/C9H14BrNO3S/c1-12-5-6-13-3-2-4-14-9-11-8(10)7-15-9/h7H,2-6H2,1H3. The molecule has 0 aliphatic heterocycles. The van der Waals surface area contributed by atoms with Crippen molar-refractivity contribution in [1.29, 1.82) is 0 Å². The molecule has 0 unspecified atom stereocenters. The molecule has 6 heteroatoms. The molecule has 0 aliphatic carbocycles. The van der Waals surface area contributed by atoms with E-state index < -0.39 is 0 Å². The minimum absolute atomic E-state index is 0.632. The lowest BCUT2D eigenvalue weighted by molar-refractivity contribution is 0.0644. The van der Waals surface area contributed by atoms with Gasteiger partial charge >= 0.3 is 0 Å². The van der Waals surface area contributed by atoms with Crippen molar-refractivity contribution in [2.45, 2.75) is 6.42 Å². The molecule has 0 amide bonds. The van der Waals surface area contributed by atoms with Gasteiger partial charge in [-0.15, -0.1) is 0 Å². The maximum absolute atomic E-state index is 5.40. The Morgan fingerprint density at radius 2 is 2.20 bits per heavy atom. The van der Waals surface area contributed by atoms with Gasteiger partial charge in [0.2, 0.25) is 0 Å². The average Bonchev–Trinajstić information content (AvgIpc) is 2.63. The number of methoxy groups -OCH3 is 1. The zero-order valence-corrected chi connectivity index (χ0v) is 11.0. The first-order valence-corrected chi connectivity index (χ1v) is 6.30. The van der Waals surface area contributed by atoms with Crippen LogP contribution in [0.15, 0.2) is 9.98 Å². The summed E-state index contributed by atoms with van der Waals surface area (Å²) in [6.07, 6.45) is 0.862. The van der Waals surface area contributed by atoms with Crippen LogP contribution < -0.4 is 4.74 Å². The topological polar surface area (TPSA) is 40.6 Å². The Labute approximate surface area is 102 Å². The highest BCUT2D eigenvalue weighted by molar-refractivity contribution is 9.10. The monoisotopic (exact) mass is 295 g/mol. The van der Waals surface area contributed by atoms with E-state index in [2.05, 4.69) is 20.9 Å². The van der Waals surface area contributed by atoms with Gasteiger partial charge in [0.15, 0.2) is 0 Å². The summed E-state index contributed by atoms with van der Waals surface area (Å²) in [6.45, 7) is 2.60. The SMILES string of the molecule is COCCOCCCOc1nc(Br)cs1.